The Morgan fingerprint density at radius 2 is 2.27 bits per heavy atom. The van der Waals surface area contributed by atoms with E-state index in [0.29, 0.717) is 0 Å². The molecule has 0 amide bonds. The summed E-state index contributed by atoms with van der Waals surface area (Å²) in [6.45, 7) is 7.71. The maximum Gasteiger partial charge on any atom is 1.00 e. The van der Waals surface area contributed by atoms with E-state index in [4.69, 9.17) is 6.57 Å². The zero-order chi connectivity index (χ0) is 15.6. The second kappa shape index (κ2) is 6.76. The van der Waals surface area contributed by atoms with Crippen LogP contribution in [0.5, 0.6) is 0 Å². The Labute approximate surface area is 138 Å². The van der Waals surface area contributed by atoms with Crippen LogP contribution >= 0.6 is 0 Å². The third kappa shape index (κ3) is 3.37. The van der Waals surface area contributed by atoms with Crippen LogP contribution in [0.4, 0.5) is 10.1 Å². The van der Waals surface area contributed by atoms with Gasteiger partial charge in [-0.2, -0.15) is 0 Å². The van der Waals surface area contributed by atoms with Gasteiger partial charge >= 0.3 is 18.9 Å². The number of rotatable bonds is 4. The molecular weight excluding hydrogens is 284 g/mol. The Morgan fingerprint density at radius 3 is 2.82 bits per heavy atom. The molecule has 1 aromatic carbocycles. The van der Waals surface area contributed by atoms with Crippen LogP contribution in [0.1, 0.15) is 18.2 Å². The van der Waals surface area contributed by atoms with Crippen LogP contribution in [0.2, 0.25) is 0 Å². The van der Waals surface area contributed by atoms with Gasteiger partial charge in [-0.05, 0) is 18.6 Å². The van der Waals surface area contributed by atoms with E-state index in [1.807, 2.05) is 0 Å². The molecule has 0 aliphatic rings. The predicted octanol–water partition coefficient (Wildman–Crippen LogP) is -2.42. The number of benzene rings is 1. The number of nitrogens with zero attached hydrogens (tertiary/aromatic N) is 3. The van der Waals surface area contributed by atoms with E-state index >= 15 is 0 Å². The van der Waals surface area contributed by atoms with Gasteiger partial charge in [0.2, 0.25) is 5.69 Å². The van der Waals surface area contributed by atoms with Gasteiger partial charge in [-0.3, -0.25) is 0 Å². The second-order valence-electron chi connectivity index (χ2n) is 4.63. The van der Waals surface area contributed by atoms with Crippen LogP contribution in [0.3, 0.4) is 0 Å². The van der Waals surface area contributed by atoms with Crippen molar-refractivity contribution in [3.8, 4) is 0 Å². The monoisotopic (exact) mass is 295 g/mol. The molecule has 0 saturated carbocycles. The number of aliphatic carboxylic acids is 1. The summed E-state index contributed by atoms with van der Waals surface area (Å²) in [5, 5.41) is 21.3. The number of halogens is 1. The quantitative estimate of drug-likeness (QED) is 0.503. The van der Waals surface area contributed by atoms with Crippen molar-refractivity contribution in [3.05, 3.63) is 59.2 Å². The molecule has 1 N–H and O–H groups in total. The summed E-state index contributed by atoms with van der Waals surface area (Å²) in [6.07, 6.45) is 2.53. The minimum Gasteiger partial charge on any atom is -0.548 e. The van der Waals surface area contributed by atoms with Gasteiger partial charge in [0.25, 0.3) is 0 Å². The molecule has 2 rings (SSSR count). The first-order chi connectivity index (χ1) is 9.86. The summed E-state index contributed by atoms with van der Waals surface area (Å²) in [5.41, 5.74) is -1.44. The first-order valence-electron chi connectivity index (χ1n) is 5.96. The molecule has 0 aliphatic carbocycles. The van der Waals surface area contributed by atoms with E-state index in [-0.39, 0.29) is 35.8 Å². The number of hydrogen-bond donors (Lipinski definition) is 1. The first kappa shape index (κ1) is 17.9. The molecule has 0 spiro atoms. The average molecular weight is 295 g/mol. The van der Waals surface area contributed by atoms with Gasteiger partial charge in [-0.15, -0.1) is 0 Å². The molecule has 6 nitrogen and oxygen atoms in total. The maximum atomic E-state index is 13.7. The van der Waals surface area contributed by atoms with E-state index in [1.165, 1.54) is 36.1 Å². The average Bonchev–Trinajstić information content (AvgIpc) is 2.86. The van der Waals surface area contributed by atoms with Crippen molar-refractivity contribution >= 4 is 11.7 Å². The van der Waals surface area contributed by atoms with Crippen molar-refractivity contribution in [2.45, 2.75) is 19.1 Å². The van der Waals surface area contributed by atoms with Gasteiger partial charge in [0.1, 0.15) is 11.4 Å². The molecule has 0 bridgehead atoms. The SMILES string of the molecule is [C-]#[N+]c1ccc(C(C)(O)c2cncn2CC(=O)[O-])cc1F.[Li+]. The molecule has 0 radical (unpaired) electrons. The summed E-state index contributed by atoms with van der Waals surface area (Å²) in [7, 11) is 0. The van der Waals surface area contributed by atoms with Crippen molar-refractivity contribution in [1.29, 1.82) is 0 Å². The van der Waals surface area contributed by atoms with Crippen LogP contribution in [-0.4, -0.2) is 20.6 Å². The summed E-state index contributed by atoms with van der Waals surface area (Å²) >= 11 is 0. The molecule has 1 unspecified atom stereocenters. The molecule has 1 atom stereocenters. The van der Waals surface area contributed by atoms with Crippen molar-refractivity contribution in [2.75, 3.05) is 0 Å². The molecule has 22 heavy (non-hydrogen) atoms. The minimum absolute atomic E-state index is 0. The minimum atomic E-state index is -1.66. The Balaban J connectivity index is 0.00000242. The normalized spacial score (nSPS) is 12.8. The van der Waals surface area contributed by atoms with Gasteiger partial charge < -0.3 is 19.6 Å². The predicted molar refractivity (Wildman–Crippen MR) is 68.6 cm³/mol. The zero-order valence-corrected chi connectivity index (χ0v) is 12.1. The second-order valence-corrected chi connectivity index (χ2v) is 4.63. The number of aromatic nitrogens is 2. The zero-order valence-electron chi connectivity index (χ0n) is 12.1. The fourth-order valence-corrected chi connectivity index (χ4v) is 2.04. The molecule has 0 fully saturated rings. The van der Waals surface area contributed by atoms with E-state index in [2.05, 4.69) is 9.83 Å². The number of hydrogen-bond acceptors (Lipinski definition) is 4. The van der Waals surface area contributed by atoms with Crippen molar-refractivity contribution in [1.82, 2.24) is 9.55 Å². The van der Waals surface area contributed by atoms with Gasteiger partial charge in [0.15, 0.2) is 0 Å². The third-order valence-corrected chi connectivity index (χ3v) is 3.14. The van der Waals surface area contributed by atoms with Crippen LogP contribution in [0.25, 0.3) is 4.85 Å². The molecular formula is C14H11FLiN3O3. The van der Waals surface area contributed by atoms with E-state index in [1.54, 1.807) is 0 Å². The van der Waals surface area contributed by atoms with Gasteiger partial charge in [0.05, 0.1) is 37.3 Å². The molecule has 108 valence electrons. The fraction of sp³-hybridized carbons (Fsp3) is 0.214. The fourth-order valence-electron chi connectivity index (χ4n) is 2.04. The number of imidazole rings is 1. The van der Waals surface area contributed by atoms with Crippen molar-refractivity contribution in [3.63, 3.8) is 0 Å². The molecule has 0 aliphatic heterocycles. The van der Waals surface area contributed by atoms with Crippen LogP contribution < -0.4 is 24.0 Å². The first-order valence-corrected chi connectivity index (χ1v) is 5.96. The number of carboxylic acids is 1. The van der Waals surface area contributed by atoms with Crippen LogP contribution in [-0.2, 0) is 16.9 Å². The number of carbonyl (C=O) groups excluding carboxylic acids is 1. The number of aliphatic hydroxyl groups is 1. The summed E-state index contributed by atoms with van der Waals surface area (Å²) in [4.78, 5) is 17.5. The molecule has 1 aromatic heterocycles. The molecule has 8 heteroatoms. The molecule has 2 aromatic rings. The Hall–Kier alpha value is -2.12. The van der Waals surface area contributed by atoms with E-state index in [0.717, 1.165) is 6.07 Å². The summed E-state index contributed by atoms with van der Waals surface area (Å²) < 4.78 is 14.9. The van der Waals surface area contributed by atoms with Crippen LogP contribution in [0.15, 0.2) is 30.7 Å². The maximum absolute atomic E-state index is 13.7. The van der Waals surface area contributed by atoms with Gasteiger partial charge in [-0.25, -0.2) is 14.2 Å². The van der Waals surface area contributed by atoms with Gasteiger partial charge in [-0.1, -0.05) is 12.1 Å². The molecule has 0 saturated heterocycles. The summed E-state index contributed by atoms with van der Waals surface area (Å²) in [6, 6.07) is 3.71. The molecule has 1 heterocycles. The van der Waals surface area contributed by atoms with E-state index < -0.39 is 23.9 Å². The smallest absolute Gasteiger partial charge is 0.548 e. The summed E-state index contributed by atoms with van der Waals surface area (Å²) in [5.74, 6) is -2.09. The number of carbonyl (C=O) groups is 1. The Morgan fingerprint density at radius 1 is 1.59 bits per heavy atom. The van der Waals surface area contributed by atoms with E-state index in [9.17, 15) is 19.4 Å². The van der Waals surface area contributed by atoms with Crippen molar-refractivity contribution < 1.29 is 38.3 Å². The Bertz CT molecular complexity index is 737. The third-order valence-electron chi connectivity index (χ3n) is 3.14. The standard InChI is InChI=1S/C14H12FN3O3.Li/c1-14(21,9-3-4-11(16-2)10(15)5-9)12-6-17-8-18(12)7-13(19)20;/h3-6,8,21H,7H2,1H3,(H,19,20);/q;+1/p-1. The van der Waals surface area contributed by atoms with Crippen LogP contribution in [0, 0.1) is 12.4 Å². The largest absolute Gasteiger partial charge is 1.00 e. The topological polar surface area (TPSA) is 82.5 Å². The van der Waals surface area contributed by atoms with Crippen molar-refractivity contribution in [2.24, 2.45) is 0 Å². The number of carboxylic acid groups (broad SMARTS) is 1. The van der Waals surface area contributed by atoms with Gasteiger partial charge in [0, 0.05) is 0 Å². The Kier molecular flexibility index (Phi) is 5.51.